The highest BCUT2D eigenvalue weighted by Gasteiger charge is 2.09. The molecule has 0 bridgehead atoms. The number of nitrogens with zero attached hydrogens (tertiary/aromatic N) is 3. The molecular formula is C11H9N3O3. The van der Waals surface area contributed by atoms with E-state index in [2.05, 4.69) is 15.2 Å². The summed E-state index contributed by atoms with van der Waals surface area (Å²) < 4.78 is 0. The van der Waals surface area contributed by atoms with Crippen LogP contribution < -0.4 is 0 Å². The third kappa shape index (κ3) is 2.54. The minimum Gasteiger partial charge on any atom is -0.507 e. The molecule has 17 heavy (non-hydrogen) atoms. The molecule has 0 spiro atoms. The van der Waals surface area contributed by atoms with Crippen LogP contribution in [0.2, 0.25) is 0 Å². The molecule has 0 unspecified atom stereocenters. The van der Waals surface area contributed by atoms with Crippen LogP contribution in [0.4, 0.5) is 0 Å². The quantitative estimate of drug-likeness (QED) is 0.813. The topological polar surface area (TPSA) is 96.2 Å². The van der Waals surface area contributed by atoms with Gasteiger partial charge in [-0.15, -0.1) is 5.10 Å². The number of phenolic OH excluding ortho intramolecular Hbond substituents is 1. The monoisotopic (exact) mass is 231 g/mol. The first-order valence-electron chi connectivity index (χ1n) is 4.85. The number of aliphatic carboxylic acids is 1. The van der Waals surface area contributed by atoms with E-state index in [1.54, 1.807) is 18.2 Å². The number of hydrogen-bond donors (Lipinski definition) is 2. The summed E-state index contributed by atoms with van der Waals surface area (Å²) in [6.07, 6.45) is 1.08. The molecule has 0 amide bonds. The Morgan fingerprint density at radius 1 is 1.29 bits per heavy atom. The van der Waals surface area contributed by atoms with E-state index in [9.17, 15) is 9.90 Å². The van der Waals surface area contributed by atoms with E-state index in [1.807, 2.05) is 0 Å². The molecule has 6 heteroatoms. The number of carboxylic acids is 1. The number of phenols is 1. The maximum Gasteiger partial charge on any atom is 0.311 e. The zero-order chi connectivity index (χ0) is 12.3. The van der Waals surface area contributed by atoms with Gasteiger partial charge in [0, 0.05) is 5.56 Å². The summed E-state index contributed by atoms with van der Waals surface area (Å²) in [5, 5.41) is 25.5. The lowest BCUT2D eigenvalue weighted by Crippen LogP contribution is -2.06. The van der Waals surface area contributed by atoms with Crippen molar-refractivity contribution >= 4 is 5.97 Å². The third-order valence-corrected chi connectivity index (χ3v) is 2.09. The number of carbonyl (C=O) groups is 1. The number of benzene rings is 1. The molecule has 2 N–H and O–H groups in total. The largest absolute Gasteiger partial charge is 0.507 e. The van der Waals surface area contributed by atoms with Crippen LogP contribution in [0.5, 0.6) is 5.75 Å². The Bertz CT molecular complexity index is 557. The molecule has 2 rings (SSSR count). The van der Waals surface area contributed by atoms with Crippen LogP contribution in [0.1, 0.15) is 5.82 Å². The van der Waals surface area contributed by atoms with Gasteiger partial charge in [0.25, 0.3) is 0 Å². The highest BCUT2D eigenvalue weighted by Crippen LogP contribution is 2.25. The summed E-state index contributed by atoms with van der Waals surface area (Å²) in [5.74, 6) is -0.853. The molecule has 0 aliphatic heterocycles. The summed E-state index contributed by atoms with van der Waals surface area (Å²) >= 11 is 0. The summed E-state index contributed by atoms with van der Waals surface area (Å²) in [5.41, 5.74) is 0.892. The zero-order valence-corrected chi connectivity index (χ0v) is 8.74. The van der Waals surface area contributed by atoms with Crippen LogP contribution in [-0.2, 0) is 11.2 Å². The Morgan fingerprint density at radius 3 is 2.76 bits per heavy atom. The van der Waals surface area contributed by atoms with Crippen LogP contribution in [0.15, 0.2) is 30.5 Å². The number of carboxylic acid groups (broad SMARTS) is 1. The van der Waals surface area contributed by atoms with Gasteiger partial charge in [-0.05, 0) is 12.1 Å². The van der Waals surface area contributed by atoms with E-state index in [0.29, 0.717) is 11.3 Å². The van der Waals surface area contributed by atoms with Crippen molar-refractivity contribution in [2.24, 2.45) is 0 Å². The molecule has 86 valence electrons. The summed E-state index contributed by atoms with van der Waals surface area (Å²) in [7, 11) is 0. The van der Waals surface area contributed by atoms with Gasteiger partial charge in [-0.2, -0.15) is 5.10 Å². The Balaban J connectivity index is 2.40. The number of hydrogen-bond acceptors (Lipinski definition) is 5. The molecule has 0 atom stereocenters. The molecule has 0 saturated carbocycles. The average molecular weight is 231 g/mol. The highest BCUT2D eigenvalue weighted by molar-refractivity contribution is 5.70. The van der Waals surface area contributed by atoms with Gasteiger partial charge in [-0.25, -0.2) is 4.98 Å². The van der Waals surface area contributed by atoms with Gasteiger partial charge in [0.1, 0.15) is 12.2 Å². The van der Waals surface area contributed by atoms with E-state index >= 15 is 0 Å². The minimum atomic E-state index is -1.03. The zero-order valence-electron chi connectivity index (χ0n) is 8.74. The Labute approximate surface area is 96.6 Å². The first-order valence-corrected chi connectivity index (χ1v) is 4.85. The number of aromatic hydroxyl groups is 1. The molecule has 0 saturated heterocycles. The predicted molar refractivity (Wildman–Crippen MR) is 58.3 cm³/mol. The molecule has 2 aromatic rings. The lowest BCUT2D eigenvalue weighted by molar-refractivity contribution is -0.136. The molecule has 0 fully saturated rings. The van der Waals surface area contributed by atoms with Crippen molar-refractivity contribution in [3.63, 3.8) is 0 Å². The van der Waals surface area contributed by atoms with Crippen molar-refractivity contribution in [2.45, 2.75) is 6.42 Å². The summed E-state index contributed by atoms with van der Waals surface area (Å²) in [4.78, 5) is 14.6. The molecule has 1 aromatic heterocycles. The van der Waals surface area contributed by atoms with Gasteiger partial charge < -0.3 is 10.2 Å². The second-order valence-corrected chi connectivity index (χ2v) is 3.35. The van der Waals surface area contributed by atoms with E-state index in [0.717, 1.165) is 0 Å². The highest BCUT2D eigenvalue weighted by atomic mass is 16.4. The van der Waals surface area contributed by atoms with E-state index in [-0.39, 0.29) is 18.0 Å². The molecule has 0 aliphatic carbocycles. The van der Waals surface area contributed by atoms with Crippen LogP contribution >= 0.6 is 0 Å². The van der Waals surface area contributed by atoms with Crippen LogP contribution in [0.25, 0.3) is 11.3 Å². The van der Waals surface area contributed by atoms with Crippen molar-refractivity contribution in [2.75, 3.05) is 0 Å². The first kappa shape index (κ1) is 11.0. The van der Waals surface area contributed by atoms with Gasteiger partial charge in [-0.1, -0.05) is 12.1 Å². The van der Waals surface area contributed by atoms with E-state index in [4.69, 9.17) is 5.11 Å². The first-order chi connectivity index (χ1) is 8.16. The third-order valence-electron chi connectivity index (χ3n) is 2.09. The fraction of sp³-hybridized carbons (Fsp3) is 0.0909. The number of para-hydroxylation sites is 1. The Kier molecular flexibility index (Phi) is 2.95. The van der Waals surface area contributed by atoms with Crippen molar-refractivity contribution in [3.8, 4) is 17.0 Å². The van der Waals surface area contributed by atoms with E-state index < -0.39 is 5.97 Å². The fourth-order valence-corrected chi connectivity index (χ4v) is 1.37. The Morgan fingerprint density at radius 2 is 2.06 bits per heavy atom. The lowest BCUT2D eigenvalue weighted by atomic mass is 10.1. The lowest BCUT2D eigenvalue weighted by Gasteiger charge is -2.03. The Hall–Kier alpha value is -2.50. The SMILES string of the molecule is O=C(O)Cc1nncc(-c2ccccc2O)n1. The normalized spacial score (nSPS) is 10.1. The molecular weight excluding hydrogens is 222 g/mol. The van der Waals surface area contributed by atoms with Crippen molar-refractivity contribution in [1.82, 2.24) is 15.2 Å². The average Bonchev–Trinajstić information content (AvgIpc) is 2.29. The molecule has 0 aliphatic rings. The standard InChI is InChI=1S/C11H9N3O3/c15-9-4-2-1-3-7(9)8-6-12-14-10(13-8)5-11(16)17/h1-4,6,15H,5H2,(H,16,17). The maximum absolute atomic E-state index is 10.5. The van der Waals surface area contributed by atoms with Gasteiger partial charge in [0.2, 0.25) is 0 Å². The molecule has 6 nitrogen and oxygen atoms in total. The van der Waals surface area contributed by atoms with Crippen LogP contribution in [-0.4, -0.2) is 31.4 Å². The minimum absolute atomic E-state index is 0.0641. The number of rotatable bonds is 3. The summed E-state index contributed by atoms with van der Waals surface area (Å²) in [6, 6.07) is 6.62. The predicted octanol–water partition coefficient (Wildman–Crippen LogP) is 0.871. The van der Waals surface area contributed by atoms with Gasteiger partial charge in [0.05, 0.1) is 11.9 Å². The fourth-order valence-electron chi connectivity index (χ4n) is 1.37. The van der Waals surface area contributed by atoms with Crippen molar-refractivity contribution in [3.05, 3.63) is 36.3 Å². The maximum atomic E-state index is 10.5. The van der Waals surface area contributed by atoms with Crippen molar-refractivity contribution < 1.29 is 15.0 Å². The number of aromatic nitrogens is 3. The van der Waals surface area contributed by atoms with Crippen LogP contribution in [0, 0.1) is 0 Å². The summed E-state index contributed by atoms with van der Waals surface area (Å²) in [6.45, 7) is 0. The van der Waals surface area contributed by atoms with Crippen molar-refractivity contribution in [1.29, 1.82) is 0 Å². The molecule has 1 heterocycles. The van der Waals surface area contributed by atoms with Gasteiger partial charge >= 0.3 is 5.97 Å². The van der Waals surface area contributed by atoms with Gasteiger partial charge in [-0.3, -0.25) is 4.79 Å². The second-order valence-electron chi connectivity index (χ2n) is 3.35. The smallest absolute Gasteiger partial charge is 0.311 e. The second kappa shape index (κ2) is 4.56. The van der Waals surface area contributed by atoms with Crippen LogP contribution in [0.3, 0.4) is 0 Å². The van der Waals surface area contributed by atoms with E-state index in [1.165, 1.54) is 12.3 Å². The molecule has 1 aromatic carbocycles. The van der Waals surface area contributed by atoms with Gasteiger partial charge in [0.15, 0.2) is 5.82 Å². The molecule has 0 radical (unpaired) electrons.